The third kappa shape index (κ3) is 2.65. The summed E-state index contributed by atoms with van der Waals surface area (Å²) in [5.74, 6) is -0.574. The van der Waals surface area contributed by atoms with Crippen LogP contribution >= 0.6 is 11.6 Å². The fraction of sp³-hybridized carbons (Fsp3) is 0.273. The maximum Gasteiger partial charge on any atom is 0.271 e. The number of halogens is 1. The number of rotatable bonds is 2. The molecule has 1 aliphatic heterocycles. The molecule has 1 aromatic rings. The summed E-state index contributed by atoms with van der Waals surface area (Å²) in [4.78, 5) is 26.7. The fourth-order valence-corrected chi connectivity index (χ4v) is 1.75. The topological polar surface area (TPSA) is 83.4 Å². The Morgan fingerprint density at radius 2 is 2.28 bits per heavy atom. The number of nitrogens with zero attached hydrogens (tertiary/aromatic N) is 2. The van der Waals surface area contributed by atoms with Gasteiger partial charge in [-0.1, -0.05) is 11.6 Å². The van der Waals surface area contributed by atoms with Gasteiger partial charge in [0.05, 0.1) is 5.69 Å². The Morgan fingerprint density at radius 1 is 1.50 bits per heavy atom. The number of pyridine rings is 1. The molecule has 0 atom stereocenters. The Balaban J connectivity index is 2.15. The highest BCUT2D eigenvalue weighted by atomic mass is 35.5. The zero-order chi connectivity index (χ0) is 13.1. The molecule has 0 spiro atoms. The van der Waals surface area contributed by atoms with Gasteiger partial charge in [-0.25, -0.2) is 10.4 Å². The van der Waals surface area contributed by atoms with Crippen LogP contribution in [0.4, 0.5) is 5.69 Å². The normalized spacial score (nSPS) is 14.8. The largest absolute Gasteiger partial charge is 0.318 e. The number of nitrogens with one attached hydrogen (secondary N) is 2. The molecule has 1 aromatic heterocycles. The summed E-state index contributed by atoms with van der Waals surface area (Å²) < 4.78 is 0. The Morgan fingerprint density at radius 3 is 2.89 bits per heavy atom. The number of hydrazone groups is 1. The summed E-state index contributed by atoms with van der Waals surface area (Å²) in [5, 5.41) is 6.58. The maximum absolute atomic E-state index is 11.9. The fourth-order valence-electron chi connectivity index (χ4n) is 1.50. The molecule has 1 aliphatic rings. The molecule has 0 saturated heterocycles. The zero-order valence-corrected chi connectivity index (χ0v) is 10.4. The van der Waals surface area contributed by atoms with Gasteiger partial charge in [-0.15, -0.1) is 0 Å². The Hall–Kier alpha value is -1.95. The monoisotopic (exact) mass is 266 g/mol. The molecule has 2 rings (SSSR count). The molecule has 2 N–H and O–H groups in total. The van der Waals surface area contributed by atoms with Crippen molar-refractivity contribution in [3.05, 3.63) is 23.0 Å². The number of hydrogen-bond donors (Lipinski definition) is 2. The van der Waals surface area contributed by atoms with Crippen LogP contribution in [0.25, 0.3) is 0 Å². The predicted octanol–water partition coefficient (Wildman–Crippen LogP) is 1.25. The minimum atomic E-state index is -0.381. The van der Waals surface area contributed by atoms with E-state index in [2.05, 4.69) is 20.8 Å². The standard InChI is InChI=1S/C11H11ClN4O2/c1-6-4-5-13-10(12)9(6)14-11(18)7-2-3-8(17)16-15-7/h4-5H,2-3H2,1H3,(H,14,18)(H,16,17). The average molecular weight is 267 g/mol. The quantitative estimate of drug-likeness (QED) is 0.790. The molecule has 2 heterocycles. The SMILES string of the molecule is Cc1ccnc(Cl)c1NC(=O)C1=NNC(=O)CC1. The second-order valence-corrected chi connectivity index (χ2v) is 4.20. The number of aryl methyl sites for hydroxylation is 1. The first-order valence-corrected chi connectivity index (χ1v) is 5.73. The maximum atomic E-state index is 11.9. The Labute approximate surface area is 108 Å². The van der Waals surface area contributed by atoms with Crippen molar-refractivity contribution in [2.45, 2.75) is 19.8 Å². The Kier molecular flexibility index (Phi) is 3.57. The highest BCUT2D eigenvalue weighted by Crippen LogP contribution is 2.22. The average Bonchev–Trinajstić information content (AvgIpc) is 2.34. The van der Waals surface area contributed by atoms with Crippen molar-refractivity contribution in [2.75, 3.05) is 5.32 Å². The molecule has 2 amide bonds. The third-order valence-corrected chi connectivity index (χ3v) is 2.80. The molecule has 0 aliphatic carbocycles. The summed E-state index contributed by atoms with van der Waals surface area (Å²) in [7, 11) is 0. The summed E-state index contributed by atoms with van der Waals surface area (Å²) in [5.41, 5.74) is 3.81. The molecule has 7 heteroatoms. The van der Waals surface area contributed by atoms with Crippen LogP contribution in [0.2, 0.25) is 5.15 Å². The summed E-state index contributed by atoms with van der Waals surface area (Å²) in [6.45, 7) is 1.81. The zero-order valence-electron chi connectivity index (χ0n) is 9.66. The summed E-state index contributed by atoms with van der Waals surface area (Å²) in [6.07, 6.45) is 2.13. The number of amides is 2. The van der Waals surface area contributed by atoms with Crippen LogP contribution in [0, 0.1) is 6.92 Å². The Bertz CT molecular complexity index is 522. The van der Waals surface area contributed by atoms with Crippen molar-refractivity contribution >= 4 is 34.8 Å². The van der Waals surface area contributed by atoms with E-state index in [1.54, 1.807) is 12.3 Å². The second kappa shape index (κ2) is 5.14. The second-order valence-electron chi connectivity index (χ2n) is 3.84. The molecule has 0 radical (unpaired) electrons. The van der Waals surface area contributed by atoms with Gasteiger partial charge in [-0.2, -0.15) is 5.10 Å². The number of carbonyl (C=O) groups is 2. The smallest absolute Gasteiger partial charge is 0.271 e. The first-order chi connectivity index (χ1) is 8.58. The lowest BCUT2D eigenvalue weighted by Gasteiger charge is -2.13. The van der Waals surface area contributed by atoms with Gasteiger partial charge < -0.3 is 5.32 Å². The molecular weight excluding hydrogens is 256 g/mol. The van der Waals surface area contributed by atoms with E-state index in [-0.39, 0.29) is 29.1 Å². The lowest BCUT2D eigenvalue weighted by molar-refractivity contribution is -0.121. The molecule has 0 fully saturated rings. The van der Waals surface area contributed by atoms with Crippen LogP contribution in [-0.4, -0.2) is 22.5 Å². The van der Waals surface area contributed by atoms with E-state index in [1.165, 1.54) is 0 Å². The van der Waals surface area contributed by atoms with E-state index < -0.39 is 0 Å². The van der Waals surface area contributed by atoms with Crippen LogP contribution < -0.4 is 10.7 Å². The van der Waals surface area contributed by atoms with Crippen LogP contribution in [0.5, 0.6) is 0 Å². The highest BCUT2D eigenvalue weighted by molar-refractivity contribution is 6.44. The number of carbonyl (C=O) groups excluding carboxylic acids is 2. The van der Waals surface area contributed by atoms with Gasteiger partial charge in [-0.3, -0.25) is 9.59 Å². The van der Waals surface area contributed by atoms with E-state index >= 15 is 0 Å². The van der Waals surface area contributed by atoms with E-state index in [0.717, 1.165) is 5.56 Å². The number of aromatic nitrogens is 1. The molecule has 0 aromatic carbocycles. The summed E-state index contributed by atoms with van der Waals surface area (Å²) in [6, 6.07) is 1.74. The molecule has 6 nitrogen and oxygen atoms in total. The van der Waals surface area contributed by atoms with Gasteiger partial charge in [0.2, 0.25) is 5.91 Å². The summed E-state index contributed by atoms with van der Waals surface area (Å²) >= 11 is 5.90. The molecule has 18 heavy (non-hydrogen) atoms. The van der Waals surface area contributed by atoms with Crippen molar-refractivity contribution in [1.29, 1.82) is 0 Å². The molecule has 0 saturated carbocycles. The van der Waals surface area contributed by atoms with Crippen molar-refractivity contribution in [1.82, 2.24) is 10.4 Å². The van der Waals surface area contributed by atoms with Gasteiger partial charge in [0, 0.05) is 19.0 Å². The number of anilines is 1. The van der Waals surface area contributed by atoms with Crippen molar-refractivity contribution in [3.63, 3.8) is 0 Å². The van der Waals surface area contributed by atoms with E-state index in [0.29, 0.717) is 12.1 Å². The number of hydrogen-bond acceptors (Lipinski definition) is 4. The third-order valence-electron chi connectivity index (χ3n) is 2.52. The van der Waals surface area contributed by atoms with Crippen LogP contribution in [0.1, 0.15) is 18.4 Å². The van der Waals surface area contributed by atoms with Gasteiger partial charge in [0.15, 0.2) is 5.15 Å². The van der Waals surface area contributed by atoms with Gasteiger partial charge in [0.1, 0.15) is 5.71 Å². The van der Waals surface area contributed by atoms with E-state index in [4.69, 9.17) is 11.6 Å². The van der Waals surface area contributed by atoms with Crippen LogP contribution in [0.3, 0.4) is 0 Å². The van der Waals surface area contributed by atoms with Crippen molar-refractivity contribution in [2.24, 2.45) is 5.10 Å². The lowest BCUT2D eigenvalue weighted by Crippen LogP contribution is -2.33. The van der Waals surface area contributed by atoms with Gasteiger partial charge >= 0.3 is 0 Å². The first kappa shape index (κ1) is 12.5. The van der Waals surface area contributed by atoms with Crippen molar-refractivity contribution < 1.29 is 9.59 Å². The lowest BCUT2D eigenvalue weighted by atomic mass is 10.1. The predicted molar refractivity (Wildman–Crippen MR) is 67.4 cm³/mol. The van der Waals surface area contributed by atoms with Crippen LogP contribution in [0.15, 0.2) is 17.4 Å². The molecule has 0 unspecified atom stereocenters. The molecular formula is C11H11ClN4O2. The highest BCUT2D eigenvalue weighted by Gasteiger charge is 2.19. The minimum absolute atomic E-state index is 0.192. The molecule has 0 bridgehead atoms. The first-order valence-electron chi connectivity index (χ1n) is 5.36. The van der Waals surface area contributed by atoms with Gasteiger partial charge in [-0.05, 0) is 18.6 Å². The molecule has 94 valence electrons. The van der Waals surface area contributed by atoms with E-state index in [9.17, 15) is 9.59 Å². The minimum Gasteiger partial charge on any atom is -0.318 e. The van der Waals surface area contributed by atoms with Crippen LogP contribution in [-0.2, 0) is 9.59 Å². The van der Waals surface area contributed by atoms with Crippen molar-refractivity contribution in [3.8, 4) is 0 Å². The van der Waals surface area contributed by atoms with E-state index in [1.807, 2.05) is 6.92 Å². The van der Waals surface area contributed by atoms with Gasteiger partial charge in [0.25, 0.3) is 5.91 Å².